The summed E-state index contributed by atoms with van der Waals surface area (Å²) in [5.74, 6) is 0.759. The Bertz CT molecular complexity index is 521. The summed E-state index contributed by atoms with van der Waals surface area (Å²) in [6.45, 7) is 15.2. The third-order valence-electron chi connectivity index (χ3n) is 6.00. The van der Waals surface area contributed by atoms with Crippen LogP contribution in [0, 0.1) is 12.8 Å². The molecular weight excluding hydrogens is 368 g/mol. The average molecular weight is 407 g/mol. The highest BCUT2D eigenvalue weighted by Gasteiger charge is 2.36. The molecule has 0 amide bonds. The summed E-state index contributed by atoms with van der Waals surface area (Å²) in [6.07, 6.45) is 10.1. The maximum Gasteiger partial charge on any atom is 0.00397 e. The predicted molar refractivity (Wildman–Crippen MR) is 118 cm³/mol. The van der Waals surface area contributed by atoms with Gasteiger partial charge in [-0.2, -0.15) is 0 Å². The lowest BCUT2D eigenvalue weighted by Gasteiger charge is -2.41. The Labute approximate surface area is 165 Å². The highest BCUT2D eigenvalue weighted by atomic mass is 79.9. The van der Waals surface area contributed by atoms with E-state index in [2.05, 4.69) is 61.5 Å². The van der Waals surface area contributed by atoms with E-state index in [0.29, 0.717) is 5.41 Å². The van der Waals surface area contributed by atoms with E-state index in [1.54, 1.807) is 5.56 Å². The summed E-state index contributed by atoms with van der Waals surface area (Å²) in [5, 5.41) is 1.10. The average Bonchev–Trinajstić information content (AvgIpc) is 2.64. The molecule has 0 aliphatic heterocycles. The van der Waals surface area contributed by atoms with Crippen LogP contribution in [0.5, 0.6) is 0 Å². The van der Waals surface area contributed by atoms with E-state index >= 15 is 0 Å². The van der Waals surface area contributed by atoms with E-state index in [0.717, 1.165) is 17.7 Å². The first kappa shape index (κ1) is 22.5. The van der Waals surface area contributed by atoms with Gasteiger partial charge in [-0.3, -0.25) is 0 Å². The van der Waals surface area contributed by atoms with Gasteiger partial charge in [-0.15, -0.1) is 0 Å². The van der Waals surface area contributed by atoms with Crippen molar-refractivity contribution >= 4 is 15.9 Å². The minimum absolute atomic E-state index is 0.378. The number of rotatable bonds is 7. The molecule has 25 heavy (non-hydrogen) atoms. The maximum absolute atomic E-state index is 4.36. The van der Waals surface area contributed by atoms with E-state index in [1.807, 2.05) is 13.8 Å². The monoisotopic (exact) mass is 406 g/mol. The molecule has 1 saturated carbocycles. The van der Waals surface area contributed by atoms with Crippen LogP contribution in [-0.4, -0.2) is 5.33 Å². The van der Waals surface area contributed by atoms with Crippen molar-refractivity contribution in [3.05, 3.63) is 47.0 Å². The predicted octanol–water partition coefficient (Wildman–Crippen LogP) is 8.15. The van der Waals surface area contributed by atoms with Crippen LogP contribution in [0.25, 0.3) is 0 Å². The number of allylic oxidation sites excluding steroid dienone is 1. The number of hydrogen-bond acceptors (Lipinski definition) is 0. The second-order valence-electron chi connectivity index (χ2n) is 7.40. The SMILES string of the molecule is C=C(CCC)C1CCC(CCBr)(c2ccc(CC)c(C)c2)CC1.CC. The lowest BCUT2D eigenvalue weighted by molar-refractivity contribution is 0.242. The number of aryl methyl sites for hydroxylation is 2. The topological polar surface area (TPSA) is 0 Å². The molecule has 142 valence electrons. The van der Waals surface area contributed by atoms with Crippen LogP contribution in [-0.2, 0) is 11.8 Å². The molecule has 0 nitrogen and oxygen atoms in total. The Hall–Kier alpha value is -0.560. The number of benzene rings is 1. The first-order valence-electron chi connectivity index (χ1n) is 10.4. The van der Waals surface area contributed by atoms with Crippen molar-refractivity contribution in [1.82, 2.24) is 0 Å². The van der Waals surface area contributed by atoms with Crippen molar-refractivity contribution in [2.24, 2.45) is 5.92 Å². The van der Waals surface area contributed by atoms with Crippen LogP contribution in [0.4, 0.5) is 0 Å². The Morgan fingerprint density at radius 3 is 2.32 bits per heavy atom. The van der Waals surface area contributed by atoms with Gasteiger partial charge < -0.3 is 0 Å². The quantitative estimate of drug-likeness (QED) is 0.316. The van der Waals surface area contributed by atoms with Crippen LogP contribution < -0.4 is 0 Å². The van der Waals surface area contributed by atoms with Gasteiger partial charge >= 0.3 is 0 Å². The van der Waals surface area contributed by atoms with E-state index in [9.17, 15) is 0 Å². The Morgan fingerprint density at radius 1 is 1.20 bits per heavy atom. The van der Waals surface area contributed by atoms with Crippen molar-refractivity contribution in [2.75, 3.05) is 5.33 Å². The van der Waals surface area contributed by atoms with Crippen molar-refractivity contribution in [1.29, 1.82) is 0 Å². The van der Waals surface area contributed by atoms with E-state index in [1.165, 1.54) is 61.6 Å². The van der Waals surface area contributed by atoms with Crippen LogP contribution >= 0.6 is 15.9 Å². The zero-order chi connectivity index (χ0) is 18.9. The summed E-state index contributed by atoms with van der Waals surface area (Å²) in [4.78, 5) is 0. The Kier molecular flexibility index (Phi) is 10.1. The molecule has 0 saturated heterocycles. The van der Waals surface area contributed by atoms with Crippen LogP contribution in [0.3, 0.4) is 0 Å². The van der Waals surface area contributed by atoms with Gasteiger partial charge in [0.25, 0.3) is 0 Å². The van der Waals surface area contributed by atoms with Gasteiger partial charge in [-0.1, -0.05) is 80.4 Å². The smallest absolute Gasteiger partial charge is 0.00397 e. The van der Waals surface area contributed by atoms with Gasteiger partial charge in [-0.25, -0.2) is 0 Å². The van der Waals surface area contributed by atoms with Gasteiger partial charge in [0.15, 0.2) is 0 Å². The molecule has 1 aromatic rings. The van der Waals surface area contributed by atoms with Crippen LogP contribution in [0.2, 0.25) is 0 Å². The summed E-state index contributed by atoms with van der Waals surface area (Å²) in [5.41, 5.74) is 6.41. The minimum Gasteiger partial charge on any atom is -0.0996 e. The van der Waals surface area contributed by atoms with Gasteiger partial charge in [0.05, 0.1) is 0 Å². The lowest BCUT2D eigenvalue weighted by Crippen LogP contribution is -2.33. The molecule has 0 bridgehead atoms. The molecule has 2 rings (SSSR count). The molecule has 0 aromatic heterocycles. The highest BCUT2D eigenvalue weighted by Crippen LogP contribution is 2.46. The first-order valence-corrected chi connectivity index (χ1v) is 11.5. The van der Waals surface area contributed by atoms with Crippen LogP contribution in [0.1, 0.15) is 89.3 Å². The number of hydrogen-bond donors (Lipinski definition) is 0. The summed E-state index contributed by atoms with van der Waals surface area (Å²) < 4.78 is 0. The fourth-order valence-corrected chi connectivity index (χ4v) is 5.15. The van der Waals surface area contributed by atoms with E-state index in [4.69, 9.17) is 0 Å². The normalized spacial score (nSPS) is 22.9. The minimum atomic E-state index is 0.378. The zero-order valence-corrected chi connectivity index (χ0v) is 18.8. The fraction of sp³-hybridized carbons (Fsp3) is 0.667. The molecule has 0 spiro atoms. The van der Waals surface area contributed by atoms with E-state index in [-0.39, 0.29) is 0 Å². The molecule has 1 fully saturated rings. The molecule has 1 heteroatoms. The van der Waals surface area contributed by atoms with Gasteiger partial charge in [0, 0.05) is 5.33 Å². The van der Waals surface area contributed by atoms with Gasteiger partial charge in [-0.05, 0) is 79.9 Å². The van der Waals surface area contributed by atoms with Crippen molar-refractivity contribution in [2.45, 2.75) is 91.4 Å². The van der Waals surface area contributed by atoms with Crippen molar-refractivity contribution in [3.8, 4) is 0 Å². The molecule has 0 atom stereocenters. The second-order valence-corrected chi connectivity index (χ2v) is 8.19. The standard InChI is InChI=1S/C22H33Br.C2H6/c1-5-7-17(3)20-10-12-22(13-11-20,14-15-23)21-9-8-19(6-2)18(4)16-21;1-2/h8-9,16,20H,3,5-7,10-15H2,1-2,4H3;1-2H3. The van der Waals surface area contributed by atoms with E-state index < -0.39 is 0 Å². The van der Waals surface area contributed by atoms with Crippen molar-refractivity contribution < 1.29 is 0 Å². The summed E-state index contributed by atoms with van der Waals surface area (Å²) in [6, 6.07) is 7.25. The molecule has 1 aliphatic carbocycles. The Balaban J connectivity index is 0.00000151. The zero-order valence-electron chi connectivity index (χ0n) is 17.3. The first-order chi connectivity index (χ1) is 12.1. The van der Waals surface area contributed by atoms with Crippen molar-refractivity contribution in [3.63, 3.8) is 0 Å². The molecule has 1 aliphatic rings. The second kappa shape index (κ2) is 11.2. The molecule has 0 heterocycles. The molecule has 0 unspecified atom stereocenters. The molecular formula is C24H39Br. The number of halogens is 1. The molecule has 1 aromatic carbocycles. The molecule has 0 N–H and O–H groups in total. The van der Waals surface area contributed by atoms with Gasteiger partial charge in [0.1, 0.15) is 0 Å². The third-order valence-corrected chi connectivity index (χ3v) is 6.40. The summed E-state index contributed by atoms with van der Waals surface area (Å²) >= 11 is 3.72. The van der Waals surface area contributed by atoms with Gasteiger partial charge in [0.2, 0.25) is 0 Å². The summed E-state index contributed by atoms with van der Waals surface area (Å²) in [7, 11) is 0. The largest absolute Gasteiger partial charge is 0.0996 e. The Morgan fingerprint density at radius 2 is 1.84 bits per heavy atom. The maximum atomic E-state index is 4.36. The highest BCUT2D eigenvalue weighted by molar-refractivity contribution is 9.09. The number of alkyl halides is 1. The third kappa shape index (κ3) is 5.71. The fourth-order valence-electron chi connectivity index (χ4n) is 4.39. The molecule has 0 radical (unpaired) electrons. The lowest BCUT2D eigenvalue weighted by atomic mass is 9.63. The van der Waals surface area contributed by atoms with Crippen LogP contribution in [0.15, 0.2) is 30.4 Å².